The monoisotopic (exact) mass is 281 g/mol. The minimum absolute atomic E-state index is 0.0258. The van der Waals surface area contributed by atoms with Crippen LogP contribution in [-0.4, -0.2) is 26.5 Å². The molecule has 0 radical (unpaired) electrons. The number of hydrogen-bond acceptors (Lipinski definition) is 5. The van der Waals surface area contributed by atoms with Crippen molar-refractivity contribution in [3.05, 3.63) is 35.5 Å². The summed E-state index contributed by atoms with van der Waals surface area (Å²) in [6.07, 6.45) is -1.53. The van der Waals surface area contributed by atoms with Crippen LogP contribution in [0.15, 0.2) is 18.6 Å². The minimum Gasteiger partial charge on any atom is -0.311 e. The highest BCUT2D eigenvalue weighted by Crippen LogP contribution is 2.33. The van der Waals surface area contributed by atoms with Crippen molar-refractivity contribution < 1.29 is 13.2 Å². The zero-order chi connectivity index (χ0) is 14.2. The lowest BCUT2D eigenvalue weighted by Gasteiger charge is -2.20. The molecule has 20 heavy (non-hydrogen) atoms. The SMILES string of the molecule is FC(F)(F)c1nc(-c2ccncn2)nc2c1CCNC2. The zero-order valence-electron chi connectivity index (χ0n) is 10.3. The Morgan fingerprint density at radius 1 is 1.20 bits per heavy atom. The summed E-state index contributed by atoms with van der Waals surface area (Å²) >= 11 is 0. The number of fused-ring (bicyclic) bond motifs is 1. The summed E-state index contributed by atoms with van der Waals surface area (Å²) in [5, 5.41) is 3.01. The van der Waals surface area contributed by atoms with Gasteiger partial charge < -0.3 is 5.32 Å². The third-order valence-electron chi connectivity index (χ3n) is 3.02. The molecule has 0 aliphatic carbocycles. The first kappa shape index (κ1) is 12.9. The third kappa shape index (κ3) is 2.34. The normalized spacial score (nSPS) is 14.9. The van der Waals surface area contributed by atoms with E-state index in [1.807, 2.05) is 0 Å². The summed E-state index contributed by atoms with van der Waals surface area (Å²) in [5.74, 6) is -0.0258. The fourth-order valence-electron chi connectivity index (χ4n) is 2.13. The van der Waals surface area contributed by atoms with Gasteiger partial charge in [-0.25, -0.2) is 19.9 Å². The quantitative estimate of drug-likeness (QED) is 0.860. The van der Waals surface area contributed by atoms with Crippen molar-refractivity contribution in [1.82, 2.24) is 25.3 Å². The molecule has 0 spiro atoms. The second-order valence-electron chi connectivity index (χ2n) is 4.34. The number of hydrogen-bond donors (Lipinski definition) is 1. The van der Waals surface area contributed by atoms with E-state index in [4.69, 9.17) is 0 Å². The number of aromatic nitrogens is 4. The fourth-order valence-corrected chi connectivity index (χ4v) is 2.13. The van der Waals surface area contributed by atoms with E-state index in [9.17, 15) is 13.2 Å². The van der Waals surface area contributed by atoms with Crippen molar-refractivity contribution in [2.75, 3.05) is 6.54 Å². The van der Waals surface area contributed by atoms with E-state index in [-0.39, 0.29) is 23.5 Å². The summed E-state index contributed by atoms with van der Waals surface area (Å²) in [6, 6.07) is 1.48. The summed E-state index contributed by atoms with van der Waals surface area (Å²) in [5.41, 5.74) is -0.0299. The van der Waals surface area contributed by atoms with Gasteiger partial charge in [0.2, 0.25) is 0 Å². The fraction of sp³-hybridized carbons (Fsp3) is 0.333. The lowest BCUT2D eigenvalue weighted by molar-refractivity contribution is -0.142. The van der Waals surface area contributed by atoms with Crippen molar-refractivity contribution in [3.63, 3.8) is 0 Å². The first-order valence-corrected chi connectivity index (χ1v) is 6.00. The van der Waals surface area contributed by atoms with Crippen LogP contribution in [0.5, 0.6) is 0 Å². The number of halogens is 3. The molecule has 8 heteroatoms. The Morgan fingerprint density at radius 2 is 2.05 bits per heavy atom. The number of rotatable bonds is 1. The summed E-state index contributed by atoms with van der Waals surface area (Å²) < 4.78 is 39.4. The average molecular weight is 281 g/mol. The maximum Gasteiger partial charge on any atom is 0.433 e. The molecular formula is C12H10F3N5. The van der Waals surface area contributed by atoms with Gasteiger partial charge in [0.15, 0.2) is 11.5 Å². The average Bonchev–Trinajstić information content (AvgIpc) is 2.46. The maximum absolute atomic E-state index is 13.1. The zero-order valence-corrected chi connectivity index (χ0v) is 10.3. The molecule has 1 aliphatic heterocycles. The Morgan fingerprint density at radius 3 is 2.75 bits per heavy atom. The highest BCUT2D eigenvalue weighted by Gasteiger charge is 2.38. The van der Waals surface area contributed by atoms with Gasteiger partial charge in [-0.15, -0.1) is 0 Å². The Balaban J connectivity index is 2.19. The molecule has 0 unspecified atom stereocenters. The van der Waals surface area contributed by atoms with Crippen molar-refractivity contribution >= 4 is 0 Å². The molecule has 3 heterocycles. The van der Waals surface area contributed by atoms with E-state index in [0.717, 1.165) is 0 Å². The molecule has 1 N–H and O–H groups in total. The summed E-state index contributed by atoms with van der Waals surface area (Å²) in [6.45, 7) is 0.797. The van der Waals surface area contributed by atoms with Crippen LogP contribution >= 0.6 is 0 Å². The second-order valence-corrected chi connectivity index (χ2v) is 4.34. The Bertz CT molecular complexity index is 627. The molecule has 0 fully saturated rings. The van der Waals surface area contributed by atoms with Gasteiger partial charge >= 0.3 is 6.18 Å². The van der Waals surface area contributed by atoms with Crippen LogP contribution in [0.2, 0.25) is 0 Å². The van der Waals surface area contributed by atoms with Crippen LogP contribution in [0.1, 0.15) is 17.0 Å². The molecule has 1 aliphatic rings. The largest absolute Gasteiger partial charge is 0.433 e. The van der Waals surface area contributed by atoms with Gasteiger partial charge in [-0.1, -0.05) is 0 Å². The standard InChI is InChI=1S/C12H10F3N5/c13-12(14,15)10-7-1-3-16-5-9(7)19-11(20-10)8-2-4-17-6-18-8/h2,4,6,16H,1,3,5H2. The summed E-state index contributed by atoms with van der Waals surface area (Å²) in [7, 11) is 0. The highest BCUT2D eigenvalue weighted by molar-refractivity contribution is 5.50. The second kappa shape index (κ2) is 4.78. The molecule has 2 aromatic heterocycles. The smallest absolute Gasteiger partial charge is 0.311 e. The summed E-state index contributed by atoms with van der Waals surface area (Å²) in [4.78, 5) is 15.5. The Labute approximate surface area is 112 Å². The predicted molar refractivity (Wildman–Crippen MR) is 63.5 cm³/mol. The molecule has 0 atom stereocenters. The maximum atomic E-state index is 13.1. The number of nitrogens with zero attached hydrogens (tertiary/aromatic N) is 4. The third-order valence-corrected chi connectivity index (χ3v) is 3.02. The van der Waals surface area contributed by atoms with Crippen LogP contribution in [0.4, 0.5) is 13.2 Å². The first-order valence-electron chi connectivity index (χ1n) is 6.00. The van der Waals surface area contributed by atoms with E-state index >= 15 is 0 Å². The lowest BCUT2D eigenvalue weighted by atomic mass is 10.0. The molecule has 0 bridgehead atoms. The van der Waals surface area contributed by atoms with Gasteiger partial charge in [-0.3, -0.25) is 0 Å². The van der Waals surface area contributed by atoms with Crippen LogP contribution in [0.25, 0.3) is 11.5 Å². The van der Waals surface area contributed by atoms with E-state index in [0.29, 0.717) is 18.8 Å². The van der Waals surface area contributed by atoms with Gasteiger partial charge in [0.05, 0.1) is 5.69 Å². The van der Waals surface area contributed by atoms with Crippen molar-refractivity contribution in [3.8, 4) is 11.5 Å². The van der Waals surface area contributed by atoms with Gasteiger partial charge in [0, 0.05) is 18.3 Å². The van der Waals surface area contributed by atoms with Crippen LogP contribution < -0.4 is 5.32 Å². The minimum atomic E-state index is -4.49. The molecular weight excluding hydrogens is 271 g/mol. The molecule has 2 aromatic rings. The van der Waals surface area contributed by atoms with E-state index in [2.05, 4.69) is 25.3 Å². The topological polar surface area (TPSA) is 63.6 Å². The van der Waals surface area contributed by atoms with E-state index in [1.54, 1.807) is 0 Å². The van der Waals surface area contributed by atoms with Gasteiger partial charge in [0.1, 0.15) is 12.0 Å². The molecule has 3 rings (SSSR count). The Hall–Kier alpha value is -2.09. The first-order chi connectivity index (χ1) is 9.55. The highest BCUT2D eigenvalue weighted by atomic mass is 19.4. The molecule has 0 aromatic carbocycles. The van der Waals surface area contributed by atoms with Crippen LogP contribution in [0.3, 0.4) is 0 Å². The predicted octanol–water partition coefficient (Wildman–Crippen LogP) is 1.60. The Kier molecular flexibility index (Phi) is 3.09. The van der Waals surface area contributed by atoms with Crippen LogP contribution in [0, 0.1) is 0 Å². The van der Waals surface area contributed by atoms with Crippen molar-refractivity contribution in [1.29, 1.82) is 0 Å². The van der Waals surface area contributed by atoms with Gasteiger partial charge in [0.25, 0.3) is 0 Å². The number of alkyl halides is 3. The lowest BCUT2D eigenvalue weighted by Crippen LogP contribution is -2.29. The van der Waals surface area contributed by atoms with E-state index in [1.165, 1.54) is 18.6 Å². The van der Waals surface area contributed by atoms with Crippen molar-refractivity contribution in [2.24, 2.45) is 0 Å². The van der Waals surface area contributed by atoms with Crippen molar-refractivity contribution in [2.45, 2.75) is 19.1 Å². The van der Waals surface area contributed by atoms with Gasteiger partial charge in [-0.2, -0.15) is 13.2 Å². The van der Waals surface area contributed by atoms with Gasteiger partial charge in [-0.05, 0) is 19.0 Å². The molecule has 5 nitrogen and oxygen atoms in total. The molecule has 0 amide bonds. The molecule has 0 saturated heterocycles. The molecule has 0 saturated carbocycles. The number of nitrogens with one attached hydrogen (secondary N) is 1. The molecule has 104 valence electrons. The van der Waals surface area contributed by atoms with Crippen LogP contribution in [-0.2, 0) is 19.1 Å². The van der Waals surface area contributed by atoms with E-state index < -0.39 is 11.9 Å².